The Labute approximate surface area is 107 Å². The smallest absolute Gasteiger partial charge is 0.231 e. The molecule has 1 aliphatic rings. The van der Waals surface area contributed by atoms with E-state index < -0.39 is 0 Å². The van der Waals surface area contributed by atoms with E-state index in [2.05, 4.69) is 10.3 Å². The number of nitrogens with one attached hydrogen (secondary N) is 1. The molecule has 5 nitrogen and oxygen atoms in total. The fourth-order valence-electron chi connectivity index (χ4n) is 2.29. The van der Waals surface area contributed by atoms with Gasteiger partial charge in [-0.2, -0.15) is 0 Å². The maximum Gasteiger partial charge on any atom is 0.231 e. The molecule has 1 aliphatic heterocycles. The lowest BCUT2D eigenvalue weighted by molar-refractivity contribution is -0.121. The molecule has 1 aromatic rings. The number of hydrogen-bond donors (Lipinski definition) is 2. The predicted octanol–water partition coefficient (Wildman–Crippen LogP) is 1.73. The van der Waals surface area contributed by atoms with Crippen LogP contribution in [-0.4, -0.2) is 23.6 Å². The average molecular weight is 249 g/mol. The number of aryl methyl sites for hydroxylation is 1. The first-order valence-electron chi connectivity index (χ1n) is 6.26. The molecular formula is C13H19N3O2. The summed E-state index contributed by atoms with van der Waals surface area (Å²) in [6.45, 7) is 4.56. The summed E-state index contributed by atoms with van der Waals surface area (Å²) >= 11 is 0. The highest BCUT2D eigenvalue weighted by molar-refractivity contribution is 5.93. The topological polar surface area (TPSA) is 77.2 Å². The van der Waals surface area contributed by atoms with E-state index in [-0.39, 0.29) is 17.9 Å². The Kier molecular flexibility index (Phi) is 3.81. The van der Waals surface area contributed by atoms with Gasteiger partial charge in [0.05, 0.1) is 23.9 Å². The van der Waals surface area contributed by atoms with Gasteiger partial charge in [-0.05, 0) is 31.4 Å². The summed E-state index contributed by atoms with van der Waals surface area (Å²) in [6.07, 6.45) is 3.20. The quantitative estimate of drug-likeness (QED) is 0.855. The summed E-state index contributed by atoms with van der Waals surface area (Å²) < 4.78 is 5.52. The van der Waals surface area contributed by atoms with Gasteiger partial charge in [0, 0.05) is 6.61 Å². The number of amides is 1. The van der Waals surface area contributed by atoms with E-state index in [0.29, 0.717) is 18.1 Å². The molecule has 2 rings (SSSR count). The third kappa shape index (κ3) is 2.61. The van der Waals surface area contributed by atoms with Crippen LogP contribution in [0.15, 0.2) is 12.3 Å². The molecule has 98 valence electrons. The molecule has 1 fully saturated rings. The molecule has 0 aromatic carbocycles. The van der Waals surface area contributed by atoms with Crippen LogP contribution in [0.25, 0.3) is 0 Å². The second-order valence-electron chi connectivity index (χ2n) is 4.64. The number of aromatic nitrogens is 1. The van der Waals surface area contributed by atoms with Gasteiger partial charge >= 0.3 is 0 Å². The zero-order valence-corrected chi connectivity index (χ0v) is 10.8. The molecule has 2 atom stereocenters. The van der Waals surface area contributed by atoms with Gasteiger partial charge in [0.25, 0.3) is 0 Å². The van der Waals surface area contributed by atoms with Crippen molar-refractivity contribution in [1.82, 2.24) is 4.98 Å². The number of nitrogens with zero attached hydrogens (tertiary/aromatic N) is 1. The Balaban J connectivity index is 2.07. The van der Waals surface area contributed by atoms with E-state index in [4.69, 9.17) is 10.5 Å². The highest BCUT2D eigenvalue weighted by Gasteiger charge is 2.33. The summed E-state index contributed by atoms with van der Waals surface area (Å²) in [7, 11) is 0. The Morgan fingerprint density at radius 1 is 1.67 bits per heavy atom. The van der Waals surface area contributed by atoms with E-state index in [9.17, 15) is 4.79 Å². The lowest BCUT2D eigenvalue weighted by Gasteiger charge is -2.16. The number of nitrogen functional groups attached to an aromatic ring is 1. The lowest BCUT2D eigenvalue weighted by Crippen LogP contribution is -2.29. The zero-order chi connectivity index (χ0) is 13.1. The minimum Gasteiger partial charge on any atom is -0.397 e. The summed E-state index contributed by atoms with van der Waals surface area (Å²) in [5.74, 6) is 0.490. The van der Waals surface area contributed by atoms with Crippen molar-refractivity contribution >= 4 is 17.4 Å². The molecule has 0 aliphatic carbocycles. The number of pyridine rings is 1. The maximum atomic E-state index is 12.2. The fourth-order valence-corrected chi connectivity index (χ4v) is 2.29. The van der Waals surface area contributed by atoms with Gasteiger partial charge in [0.1, 0.15) is 5.82 Å². The Hall–Kier alpha value is -1.62. The molecule has 3 N–H and O–H groups in total. The number of carbonyl (C=O) groups excluding carboxylic acids is 1. The van der Waals surface area contributed by atoms with Gasteiger partial charge in [0.15, 0.2) is 0 Å². The Morgan fingerprint density at radius 2 is 2.44 bits per heavy atom. The molecule has 0 radical (unpaired) electrons. The number of ether oxygens (including phenoxy) is 1. The van der Waals surface area contributed by atoms with Crippen molar-refractivity contribution in [1.29, 1.82) is 0 Å². The molecule has 18 heavy (non-hydrogen) atoms. The standard InChI is InChI=1S/C13H19N3O2/c1-3-11-10(4-5-18-11)13(17)16-12-8(2)6-9(14)7-15-12/h6-7,10-11H,3-5,14H2,1-2H3,(H,15,16,17). The summed E-state index contributed by atoms with van der Waals surface area (Å²) in [4.78, 5) is 16.3. The molecular weight excluding hydrogens is 230 g/mol. The molecule has 1 saturated heterocycles. The van der Waals surface area contributed by atoms with Gasteiger partial charge in [-0.15, -0.1) is 0 Å². The average Bonchev–Trinajstić information content (AvgIpc) is 2.81. The summed E-state index contributed by atoms with van der Waals surface area (Å²) in [6, 6.07) is 1.80. The van der Waals surface area contributed by atoms with Crippen LogP contribution in [0.4, 0.5) is 11.5 Å². The van der Waals surface area contributed by atoms with E-state index in [1.54, 1.807) is 12.3 Å². The van der Waals surface area contributed by atoms with E-state index in [1.165, 1.54) is 0 Å². The minimum absolute atomic E-state index is 0.0141. The van der Waals surface area contributed by atoms with Crippen molar-refractivity contribution in [3.63, 3.8) is 0 Å². The number of carbonyl (C=O) groups is 1. The van der Waals surface area contributed by atoms with Gasteiger partial charge < -0.3 is 15.8 Å². The Morgan fingerprint density at radius 3 is 3.11 bits per heavy atom. The fraction of sp³-hybridized carbons (Fsp3) is 0.538. The van der Waals surface area contributed by atoms with Crippen LogP contribution in [-0.2, 0) is 9.53 Å². The van der Waals surface area contributed by atoms with Crippen molar-refractivity contribution in [3.8, 4) is 0 Å². The second-order valence-corrected chi connectivity index (χ2v) is 4.64. The highest BCUT2D eigenvalue weighted by atomic mass is 16.5. The first-order valence-corrected chi connectivity index (χ1v) is 6.26. The predicted molar refractivity (Wildman–Crippen MR) is 70.2 cm³/mol. The third-order valence-corrected chi connectivity index (χ3v) is 3.29. The summed E-state index contributed by atoms with van der Waals surface area (Å²) in [5, 5.41) is 2.86. The largest absolute Gasteiger partial charge is 0.397 e. The van der Waals surface area contributed by atoms with Crippen molar-refractivity contribution in [2.75, 3.05) is 17.7 Å². The van der Waals surface area contributed by atoms with Crippen molar-refractivity contribution in [2.24, 2.45) is 5.92 Å². The molecule has 0 saturated carbocycles. The normalized spacial score (nSPS) is 23.0. The molecule has 1 amide bonds. The SMILES string of the molecule is CCC1OCCC1C(=O)Nc1ncc(N)cc1C. The monoisotopic (exact) mass is 249 g/mol. The second kappa shape index (κ2) is 5.35. The lowest BCUT2D eigenvalue weighted by atomic mass is 9.98. The van der Waals surface area contributed by atoms with Crippen molar-refractivity contribution in [3.05, 3.63) is 17.8 Å². The number of hydrogen-bond acceptors (Lipinski definition) is 4. The molecule has 0 bridgehead atoms. The van der Waals surface area contributed by atoms with Crippen molar-refractivity contribution in [2.45, 2.75) is 32.8 Å². The Bertz CT molecular complexity index is 448. The van der Waals surface area contributed by atoms with Crippen LogP contribution < -0.4 is 11.1 Å². The number of anilines is 2. The minimum atomic E-state index is -0.0752. The van der Waals surface area contributed by atoms with E-state index in [0.717, 1.165) is 18.4 Å². The first-order chi connectivity index (χ1) is 8.61. The third-order valence-electron chi connectivity index (χ3n) is 3.29. The van der Waals surface area contributed by atoms with Crippen molar-refractivity contribution < 1.29 is 9.53 Å². The molecule has 2 heterocycles. The van der Waals surface area contributed by atoms with Crippen LogP contribution in [0.1, 0.15) is 25.3 Å². The molecule has 0 spiro atoms. The zero-order valence-electron chi connectivity index (χ0n) is 10.8. The number of rotatable bonds is 3. The van der Waals surface area contributed by atoms with E-state index in [1.807, 2.05) is 13.8 Å². The van der Waals surface area contributed by atoms with Crippen LogP contribution in [0.5, 0.6) is 0 Å². The summed E-state index contributed by atoms with van der Waals surface area (Å²) in [5.41, 5.74) is 7.10. The number of nitrogens with two attached hydrogens (primary N) is 1. The van der Waals surface area contributed by atoms with Gasteiger partial charge in [-0.3, -0.25) is 4.79 Å². The van der Waals surface area contributed by atoms with Gasteiger partial charge in [-0.1, -0.05) is 6.92 Å². The van der Waals surface area contributed by atoms with Crippen LogP contribution in [0, 0.1) is 12.8 Å². The van der Waals surface area contributed by atoms with E-state index >= 15 is 0 Å². The molecule has 5 heteroatoms. The molecule has 2 unspecified atom stereocenters. The van der Waals surface area contributed by atoms with Gasteiger partial charge in [0.2, 0.25) is 5.91 Å². The van der Waals surface area contributed by atoms with Crippen LogP contribution >= 0.6 is 0 Å². The van der Waals surface area contributed by atoms with Crippen LogP contribution in [0.2, 0.25) is 0 Å². The van der Waals surface area contributed by atoms with Gasteiger partial charge in [-0.25, -0.2) is 4.98 Å². The van der Waals surface area contributed by atoms with Crippen LogP contribution in [0.3, 0.4) is 0 Å². The highest BCUT2D eigenvalue weighted by Crippen LogP contribution is 2.25. The molecule has 1 aromatic heterocycles. The first kappa shape index (κ1) is 12.8. The maximum absolute atomic E-state index is 12.2.